The Labute approximate surface area is 132 Å². The molecule has 1 N–H and O–H groups in total. The van der Waals surface area contributed by atoms with Gasteiger partial charge in [0.25, 0.3) is 5.91 Å². The summed E-state index contributed by atoms with van der Waals surface area (Å²) in [6.45, 7) is 0.443. The molecule has 6 nitrogen and oxygen atoms in total. The van der Waals surface area contributed by atoms with Crippen LogP contribution in [0.25, 0.3) is 10.9 Å². The number of fused-ring (bicyclic) bond motifs is 1. The van der Waals surface area contributed by atoms with E-state index in [-0.39, 0.29) is 24.8 Å². The van der Waals surface area contributed by atoms with Gasteiger partial charge in [-0.1, -0.05) is 23.1 Å². The van der Waals surface area contributed by atoms with Crippen molar-refractivity contribution in [2.24, 2.45) is 0 Å². The van der Waals surface area contributed by atoms with Crippen molar-refractivity contribution < 1.29 is 14.1 Å². The largest absolute Gasteiger partial charge is 0.481 e. The fraction of sp³-hybridized carbons (Fsp3) is 0.118. The second-order valence-electron chi connectivity index (χ2n) is 4.56. The molecule has 2 aromatic heterocycles. The van der Waals surface area contributed by atoms with Crippen LogP contribution in [0, 0.1) is 11.8 Å². The summed E-state index contributed by atoms with van der Waals surface area (Å²) in [4.78, 5) is 15.8. The fourth-order valence-corrected chi connectivity index (χ4v) is 1.91. The van der Waals surface area contributed by atoms with Gasteiger partial charge in [0, 0.05) is 23.7 Å². The molecule has 0 saturated carbocycles. The molecule has 23 heavy (non-hydrogen) atoms. The van der Waals surface area contributed by atoms with E-state index in [0.717, 1.165) is 10.9 Å². The van der Waals surface area contributed by atoms with Crippen LogP contribution in [0.5, 0.6) is 5.75 Å². The van der Waals surface area contributed by atoms with Crippen molar-refractivity contribution in [1.29, 1.82) is 0 Å². The van der Waals surface area contributed by atoms with Crippen molar-refractivity contribution in [3.8, 4) is 17.6 Å². The number of aromatic nitrogens is 2. The molecular weight excluding hydrogens is 294 g/mol. The van der Waals surface area contributed by atoms with Crippen LogP contribution in [0.3, 0.4) is 0 Å². The van der Waals surface area contributed by atoms with Crippen LogP contribution in [-0.4, -0.2) is 29.2 Å². The SMILES string of the molecule is O=C(NCC#CCOc1ccc2cccnc2c1)c1ccno1. The van der Waals surface area contributed by atoms with Crippen LogP contribution in [0.2, 0.25) is 0 Å². The number of rotatable bonds is 4. The van der Waals surface area contributed by atoms with Gasteiger partial charge in [0.2, 0.25) is 5.76 Å². The third-order valence-electron chi connectivity index (χ3n) is 3.01. The normalized spacial score (nSPS) is 9.91. The highest BCUT2D eigenvalue weighted by Crippen LogP contribution is 2.18. The van der Waals surface area contributed by atoms with Gasteiger partial charge in [-0.2, -0.15) is 0 Å². The molecule has 1 aromatic carbocycles. The van der Waals surface area contributed by atoms with E-state index >= 15 is 0 Å². The number of hydrogen-bond donors (Lipinski definition) is 1. The van der Waals surface area contributed by atoms with Crippen LogP contribution in [0.15, 0.2) is 53.3 Å². The zero-order chi connectivity index (χ0) is 15.9. The lowest BCUT2D eigenvalue weighted by molar-refractivity contribution is 0.0922. The fourth-order valence-electron chi connectivity index (χ4n) is 1.91. The van der Waals surface area contributed by atoms with Gasteiger partial charge in [-0.3, -0.25) is 9.78 Å². The van der Waals surface area contributed by atoms with Crippen molar-refractivity contribution in [2.45, 2.75) is 0 Å². The molecule has 0 aliphatic heterocycles. The van der Waals surface area contributed by atoms with Crippen molar-refractivity contribution >= 4 is 16.8 Å². The Balaban J connectivity index is 1.46. The summed E-state index contributed by atoms with van der Waals surface area (Å²) in [5, 5.41) is 7.11. The van der Waals surface area contributed by atoms with Crippen LogP contribution in [0.1, 0.15) is 10.6 Å². The minimum atomic E-state index is -0.349. The molecule has 6 heteroatoms. The van der Waals surface area contributed by atoms with Crippen molar-refractivity contribution in [3.63, 3.8) is 0 Å². The first-order valence-corrected chi connectivity index (χ1v) is 6.95. The Kier molecular flexibility index (Phi) is 4.50. The standard InChI is InChI=1S/C17H13N3O3/c21-17(16-7-10-20-23-16)19-8-1-2-11-22-14-6-5-13-4-3-9-18-15(13)12-14/h3-7,9-10,12H,8,11H2,(H,19,21). The summed E-state index contributed by atoms with van der Waals surface area (Å²) in [5.74, 6) is 6.15. The van der Waals surface area contributed by atoms with E-state index in [4.69, 9.17) is 9.26 Å². The summed E-state index contributed by atoms with van der Waals surface area (Å²) in [6, 6.07) is 11.0. The highest BCUT2D eigenvalue weighted by atomic mass is 16.5. The van der Waals surface area contributed by atoms with Crippen LogP contribution in [0.4, 0.5) is 0 Å². The minimum absolute atomic E-state index is 0.159. The molecule has 0 aliphatic carbocycles. The van der Waals surface area contributed by atoms with Gasteiger partial charge in [0.05, 0.1) is 18.3 Å². The lowest BCUT2D eigenvalue weighted by atomic mass is 10.2. The maximum absolute atomic E-state index is 11.5. The summed E-state index contributed by atoms with van der Waals surface area (Å²) in [6.07, 6.45) is 3.15. The first-order valence-electron chi connectivity index (χ1n) is 6.95. The Morgan fingerprint density at radius 3 is 3.04 bits per heavy atom. The zero-order valence-corrected chi connectivity index (χ0v) is 12.2. The van der Waals surface area contributed by atoms with Crippen LogP contribution in [-0.2, 0) is 0 Å². The summed E-state index contributed by atoms with van der Waals surface area (Å²) >= 11 is 0. The Hall–Kier alpha value is -3.33. The number of amides is 1. The molecule has 0 bridgehead atoms. The molecule has 0 aliphatic rings. The highest BCUT2D eigenvalue weighted by molar-refractivity contribution is 5.91. The maximum atomic E-state index is 11.5. The molecule has 0 unspecified atom stereocenters. The number of nitrogens with zero attached hydrogens (tertiary/aromatic N) is 2. The Bertz CT molecular complexity index is 863. The molecular formula is C17H13N3O3. The topological polar surface area (TPSA) is 77.2 Å². The average Bonchev–Trinajstić information content (AvgIpc) is 3.12. The lowest BCUT2D eigenvalue weighted by Gasteiger charge is -2.03. The van der Waals surface area contributed by atoms with E-state index in [9.17, 15) is 4.79 Å². The van der Waals surface area contributed by atoms with Gasteiger partial charge in [0.15, 0.2) is 0 Å². The number of pyridine rings is 1. The predicted octanol–water partition coefficient (Wildman–Crippen LogP) is 2.04. The summed E-state index contributed by atoms with van der Waals surface area (Å²) in [5.41, 5.74) is 0.872. The van der Waals surface area contributed by atoms with E-state index in [1.807, 2.05) is 30.3 Å². The molecule has 0 atom stereocenters. The predicted molar refractivity (Wildman–Crippen MR) is 83.9 cm³/mol. The number of benzene rings is 1. The van der Waals surface area contributed by atoms with Crippen molar-refractivity contribution in [3.05, 3.63) is 54.6 Å². The molecule has 0 radical (unpaired) electrons. The number of carbonyl (C=O) groups is 1. The van der Waals surface area contributed by atoms with E-state index < -0.39 is 0 Å². The first kappa shape index (κ1) is 14.6. The molecule has 114 valence electrons. The minimum Gasteiger partial charge on any atom is -0.481 e. The Morgan fingerprint density at radius 1 is 1.22 bits per heavy atom. The summed E-state index contributed by atoms with van der Waals surface area (Å²) in [7, 11) is 0. The number of hydrogen-bond acceptors (Lipinski definition) is 5. The van der Waals surface area contributed by atoms with Crippen molar-refractivity contribution in [2.75, 3.05) is 13.2 Å². The average molecular weight is 307 g/mol. The number of carbonyl (C=O) groups excluding carboxylic acids is 1. The lowest BCUT2D eigenvalue weighted by Crippen LogP contribution is -2.23. The maximum Gasteiger partial charge on any atom is 0.290 e. The second kappa shape index (κ2) is 7.09. The molecule has 0 saturated heterocycles. The van der Waals surface area contributed by atoms with E-state index in [1.165, 1.54) is 12.3 Å². The molecule has 1 amide bonds. The van der Waals surface area contributed by atoms with Gasteiger partial charge < -0.3 is 14.6 Å². The number of ether oxygens (including phenoxy) is 1. The molecule has 0 fully saturated rings. The van der Waals surface area contributed by atoms with Crippen molar-refractivity contribution in [1.82, 2.24) is 15.5 Å². The monoisotopic (exact) mass is 307 g/mol. The van der Waals surface area contributed by atoms with Gasteiger partial charge in [-0.15, -0.1) is 0 Å². The molecule has 3 rings (SSSR count). The molecule has 3 aromatic rings. The Morgan fingerprint density at radius 2 is 2.17 bits per heavy atom. The van der Waals surface area contributed by atoms with Gasteiger partial charge >= 0.3 is 0 Å². The number of nitrogens with one attached hydrogen (secondary N) is 1. The summed E-state index contributed by atoms with van der Waals surface area (Å²) < 4.78 is 10.3. The van der Waals surface area contributed by atoms with Gasteiger partial charge in [0.1, 0.15) is 12.4 Å². The van der Waals surface area contributed by atoms with Gasteiger partial charge in [-0.05, 0) is 18.2 Å². The molecule has 2 heterocycles. The highest BCUT2D eigenvalue weighted by Gasteiger charge is 2.06. The van der Waals surface area contributed by atoms with E-state index in [1.54, 1.807) is 6.20 Å². The zero-order valence-electron chi connectivity index (χ0n) is 12.2. The van der Waals surface area contributed by atoms with Crippen LogP contribution >= 0.6 is 0 Å². The first-order chi connectivity index (χ1) is 11.3. The van der Waals surface area contributed by atoms with E-state index in [0.29, 0.717) is 5.75 Å². The smallest absolute Gasteiger partial charge is 0.290 e. The van der Waals surface area contributed by atoms with Crippen LogP contribution < -0.4 is 10.1 Å². The van der Waals surface area contributed by atoms with Gasteiger partial charge in [-0.25, -0.2) is 0 Å². The molecule has 0 spiro atoms. The van der Waals surface area contributed by atoms with E-state index in [2.05, 4.69) is 27.3 Å². The third kappa shape index (κ3) is 3.86. The quantitative estimate of drug-likeness (QED) is 0.746. The third-order valence-corrected chi connectivity index (χ3v) is 3.01. The second-order valence-corrected chi connectivity index (χ2v) is 4.56.